The lowest BCUT2D eigenvalue weighted by Crippen LogP contribution is -2.26. The lowest BCUT2D eigenvalue weighted by Gasteiger charge is -2.16. The van der Waals surface area contributed by atoms with Gasteiger partial charge < -0.3 is 4.90 Å². The topological polar surface area (TPSA) is 20.3 Å². The molecule has 0 aromatic carbocycles. The maximum Gasteiger partial charge on any atom is 0.263 e. The molecule has 0 spiro atoms. The second kappa shape index (κ2) is 5.00. The van der Waals surface area contributed by atoms with E-state index in [0.717, 1.165) is 17.8 Å². The predicted molar refractivity (Wildman–Crippen MR) is 70.3 cm³/mol. The predicted octanol–water partition coefficient (Wildman–Crippen LogP) is 3.53. The van der Waals surface area contributed by atoms with E-state index in [1.54, 1.807) is 16.2 Å². The van der Waals surface area contributed by atoms with E-state index in [2.05, 4.69) is 33.8 Å². The minimum atomic E-state index is 0.131. The van der Waals surface area contributed by atoms with Crippen molar-refractivity contribution >= 4 is 17.2 Å². The van der Waals surface area contributed by atoms with E-state index in [9.17, 15) is 4.79 Å². The van der Waals surface area contributed by atoms with E-state index in [0.29, 0.717) is 0 Å². The number of rotatable bonds is 3. The Kier molecular flexibility index (Phi) is 4.14. The van der Waals surface area contributed by atoms with E-state index in [1.807, 2.05) is 13.1 Å². The Morgan fingerprint density at radius 2 is 2.00 bits per heavy atom. The van der Waals surface area contributed by atoms with Crippen molar-refractivity contribution in [2.24, 2.45) is 0 Å². The number of carbonyl (C=O) groups is 1. The standard InChI is InChI=1S/C13H21NOS/c1-6-9-14(5)12(15)10-7-8-11(16-10)13(2,3)4/h7-8H,6,9H2,1-5H3. The Morgan fingerprint density at radius 3 is 2.44 bits per heavy atom. The molecule has 2 nitrogen and oxygen atoms in total. The molecule has 90 valence electrons. The molecular weight excluding hydrogens is 218 g/mol. The number of hydrogen-bond donors (Lipinski definition) is 0. The molecule has 0 aliphatic heterocycles. The van der Waals surface area contributed by atoms with Crippen LogP contribution < -0.4 is 0 Å². The molecule has 0 aliphatic rings. The molecule has 0 bridgehead atoms. The van der Waals surface area contributed by atoms with Crippen molar-refractivity contribution in [2.45, 2.75) is 39.5 Å². The number of nitrogens with zero attached hydrogens (tertiary/aromatic N) is 1. The van der Waals surface area contributed by atoms with Crippen LogP contribution in [-0.2, 0) is 5.41 Å². The van der Waals surface area contributed by atoms with Crippen LogP contribution in [0.4, 0.5) is 0 Å². The van der Waals surface area contributed by atoms with E-state index in [1.165, 1.54) is 4.88 Å². The molecule has 0 saturated heterocycles. The third-order valence-electron chi connectivity index (χ3n) is 2.46. The third-order valence-corrected chi connectivity index (χ3v) is 3.96. The van der Waals surface area contributed by atoms with Gasteiger partial charge in [-0.3, -0.25) is 4.79 Å². The molecule has 0 radical (unpaired) electrons. The fourth-order valence-corrected chi connectivity index (χ4v) is 2.54. The zero-order valence-electron chi connectivity index (χ0n) is 10.8. The molecule has 0 aliphatic carbocycles. The van der Waals surface area contributed by atoms with Crippen LogP contribution in [0.25, 0.3) is 0 Å². The van der Waals surface area contributed by atoms with Gasteiger partial charge in [0.05, 0.1) is 4.88 Å². The largest absolute Gasteiger partial charge is 0.341 e. The zero-order valence-corrected chi connectivity index (χ0v) is 11.6. The molecule has 1 amide bonds. The quantitative estimate of drug-likeness (QED) is 0.790. The minimum absolute atomic E-state index is 0.131. The Bertz CT molecular complexity index is 362. The smallest absolute Gasteiger partial charge is 0.263 e. The summed E-state index contributed by atoms with van der Waals surface area (Å²) in [6.45, 7) is 9.41. The first-order valence-corrected chi connectivity index (χ1v) is 6.53. The first kappa shape index (κ1) is 13.2. The van der Waals surface area contributed by atoms with E-state index < -0.39 is 0 Å². The van der Waals surface area contributed by atoms with Gasteiger partial charge in [-0.25, -0.2) is 0 Å². The molecule has 0 saturated carbocycles. The van der Waals surface area contributed by atoms with E-state index >= 15 is 0 Å². The van der Waals surface area contributed by atoms with Gasteiger partial charge in [0, 0.05) is 18.5 Å². The molecule has 0 N–H and O–H groups in total. The van der Waals surface area contributed by atoms with Gasteiger partial charge in [-0.05, 0) is 24.0 Å². The molecule has 0 fully saturated rings. The van der Waals surface area contributed by atoms with Crippen LogP contribution in [0.3, 0.4) is 0 Å². The lowest BCUT2D eigenvalue weighted by molar-refractivity contribution is 0.0800. The summed E-state index contributed by atoms with van der Waals surface area (Å²) in [5.41, 5.74) is 0.131. The number of hydrogen-bond acceptors (Lipinski definition) is 2. The van der Waals surface area contributed by atoms with Gasteiger partial charge in [0.2, 0.25) is 0 Å². The lowest BCUT2D eigenvalue weighted by atomic mass is 9.95. The molecule has 16 heavy (non-hydrogen) atoms. The first-order valence-electron chi connectivity index (χ1n) is 5.72. The minimum Gasteiger partial charge on any atom is -0.341 e. The van der Waals surface area contributed by atoms with Crippen molar-refractivity contribution in [1.82, 2.24) is 4.90 Å². The van der Waals surface area contributed by atoms with Crippen LogP contribution in [0, 0.1) is 0 Å². The number of thiophene rings is 1. The van der Waals surface area contributed by atoms with Crippen molar-refractivity contribution in [1.29, 1.82) is 0 Å². The second-order valence-corrected chi connectivity index (χ2v) is 6.22. The maximum atomic E-state index is 12.0. The van der Waals surface area contributed by atoms with Gasteiger partial charge in [0.15, 0.2) is 0 Å². The molecule has 0 atom stereocenters. The summed E-state index contributed by atoms with van der Waals surface area (Å²) >= 11 is 1.61. The zero-order chi connectivity index (χ0) is 12.3. The molecule has 1 heterocycles. The van der Waals surface area contributed by atoms with Crippen LogP contribution >= 0.6 is 11.3 Å². The first-order chi connectivity index (χ1) is 7.36. The normalized spacial score (nSPS) is 11.6. The SMILES string of the molecule is CCCN(C)C(=O)c1ccc(C(C)(C)C)s1. The van der Waals surface area contributed by atoms with E-state index in [4.69, 9.17) is 0 Å². The molecule has 3 heteroatoms. The summed E-state index contributed by atoms with van der Waals surface area (Å²) in [5.74, 6) is 0.141. The highest BCUT2D eigenvalue weighted by Gasteiger charge is 2.19. The fraction of sp³-hybridized carbons (Fsp3) is 0.615. The van der Waals surface area contributed by atoms with Crippen LogP contribution in [0.1, 0.15) is 48.7 Å². The van der Waals surface area contributed by atoms with Gasteiger partial charge in [-0.1, -0.05) is 27.7 Å². The Morgan fingerprint density at radius 1 is 1.38 bits per heavy atom. The maximum absolute atomic E-state index is 12.0. The van der Waals surface area contributed by atoms with Crippen LogP contribution in [0.5, 0.6) is 0 Å². The molecule has 1 aromatic rings. The fourth-order valence-electron chi connectivity index (χ4n) is 1.48. The van der Waals surface area contributed by atoms with Gasteiger partial charge in [0.25, 0.3) is 5.91 Å². The van der Waals surface area contributed by atoms with Crippen molar-refractivity contribution in [3.63, 3.8) is 0 Å². The highest BCUT2D eigenvalue weighted by atomic mass is 32.1. The molecule has 1 aromatic heterocycles. The monoisotopic (exact) mass is 239 g/mol. The average Bonchev–Trinajstić information content (AvgIpc) is 2.65. The van der Waals surface area contributed by atoms with Gasteiger partial charge in [-0.2, -0.15) is 0 Å². The van der Waals surface area contributed by atoms with Gasteiger partial charge in [-0.15, -0.1) is 11.3 Å². The molecule has 1 rings (SSSR count). The highest BCUT2D eigenvalue weighted by Crippen LogP contribution is 2.29. The summed E-state index contributed by atoms with van der Waals surface area (Å²) < 4.78 is 0. The van der Waals surface area contributed by atoms with Crippen LogP contribution in [0.15, 0.2) is 12.1 Å². The number of carbonyl (C=O) groups excluding carboxylic acids is 1. The van der Waals surface area contributed by atoms with Crippen LogP contribution in [0.2, 0.25) is 0 Å². The summed E-state index contributed by atoms with van der Waals surface area (Å²) in [7, 11) is 1.86. The highest BCUT2D eigenvalue weighted by molar-refractivity contribution is 7.14. The van der Waals surface area contributed by atoms with Crippen molar-refractivity contribution in [3.05, 3.63) is 21.9 Å². The van der Waals surface area contributed by atoms with Gasteiger partial charge in [0.1, 0.15) is 0 Å². The molecular formula is C13H21NOS. The Hall–Kier alpha value is -0.830. The summed E-state index contributed by atoms with van der Waals surface area (Å²) in [4.78, 5) is 15.9. The van der Waals surface area contributed by atoms with Crippen molar-refractivity contribution in [2.75, 3.05) is 13.6 Å². The second-order valence-electron chi connectivity index (χ2n) is 5.14. The Balaban J connectivity index is 2.82. The Labute approximate surface area is 102 Å². The summed E-state index contributed by atoms with van der Waals surface area (Å²) in [6.07, 6.45) is 1.000. The molecule has 0 unspecified atom stereocenters. The summed E-state index contributed by atoms with van der Waals surface area (Å²) in [6, 6.07) is 4.01. The van der Waals surface area contributed by atoms with Crippen molar-refractivity contribution in [3.8, 4) is 0 Å². The summed E-state index contributed by atoms with van der Waals surface area (Å²) in [5, 5.41) is 0. The van der Waals surface area contributed by atoms with Crippen molar-refractivity contribution < 1.29 is 4.79 Å². The van der Waals surface area contributed by atoms with Crippen LogP contribution in [-0.4, -0.2) is 24.4 Å². The number of amides is 1. The van der Waals surface area contributed by atoms with E-state index in [-0.39, 0.29) is 11.3 Å². The third kappa shape index (κ3) is 3.08. The van der Waals surface area contributed by atoms with Gasteiger partial charge >= 0.3 is 0 Å². The average molecular weight is 239 g/mol.